The van der Waals surface area contributed by atoms with Crippen LogP contribution in [0.4, 0.5) is 0 Å². The van der Waals surface area contributed by atoms with Gasteiger partial charge in [-0.05, 0) is 6.08 Å². The molecule has 0 saturated carbocycles. The molecule has 0 rings (SSSR count). The lowest BCUT2D eigenvalue weighted by Crippen LogP contribution is -2.32. The standard InChI is InChI=1S/C8H13NO2/c1-3-5-9(6-7-10)8(11)4-2/h3-4,10H,1-2,5-7H2. The highest BCUT2D eigenvalue weighted by molar-refractivity contribution is 5.87. The zero-order chi connectivity index (χ0) is 8.69. The van der Waals surface area contributed by atoms with Crippen molar-refractivity contribution in [3.63, 3.8) is 0 Å². The predicted octanol–water partition coefficient (Wildman–Crippen LogP) is 0.179. The molecule has 62 valence electrons. The van der Waals surface area contributed by atoms with Gasteiger partial charge in [0.1, 0.15) is 0 Å². The van der Waals surface area contributed by atoms with E-state index < -0.39 is 0 Å². The van der Waals surface area contributed by atoms with E-state index in [1.165, 1.54) is 11.0 Å². The van der Waals surface area contributed by atoms with Crippen LogP contribution in [-0.2, 0) is 4.79 Å². The highest BCUT2D eigenvalue weighted by atomic mass is 16.3. The minimum atomic E-state index is -0.182. The van der Waals surface area contributed by atoms with Crippen LogP contribution in [0.5, 0.6) is 0 Å². The summed E-state index contributed by atoms with van der Waals surface area (Å²) in [5, 5.41) is 8.55. The molecule has 0 atom stereocenters. The van der Waals surface area contributed by atoms with Crippen LogP contribution in [0.25, 0.3) is 0 Å². The minimum Gasteiger partial charge on any atom is -0.395 e. The van der Waals surface area contributed by atoms with Gasteiger partial charge in [-0.2, -0.15) is 0 Å². The molecule has 0 aromatic rings. The van der Waals surface area contributed by atoms with Crippen molar-refractivity contribution in [2.75, 3.05) is 19.7 Å². The van der Waals surface area contributed by atoms with Crippen LogP contribution in [0.3, 0.4) is 0 Å². The number of aliphatic hydroxyl groups excluding tert-OH is 1. The van der Waals surface area contributed by atoms with Gasteiger partial charge in [0.2, 0.25) is 5.91 Å². The number of carbonyl (C=O) groups excluding carboxylic acids is 1. The summed E-state index contributed by atoms with van der Waals surface area (Å²) in [6, 6.07) is 0. The number of nitrogens with zero attached hydrogens (tertiary/aromatic N) is 1. The Labute approximate surface area is 66.6 Å². The van der Waals surface area contributed by atoms with Gasteiger partial charge in [0.25, 0.3) is 0 Å². The van der Waals surface area contributed by atoms with E-state index in [4.69, 9.17) is 5.11 Å². The van der Waals surface area contributed by atoms with Crippen LogP contribution in [0.15, 0.2) is 25.3 Å². The topological polar surface area (TPSA) is 40.5 Å². The van der Waals surface area contributed by atoms with Gasteiger partial charge in [0.05, 0.1) is 6.61 Å². The van der Waals surface area contributed by atoms with Crippen molar-refractivity contribution in [1.82, 2.24) is 4.90 Å². The molecule has 0 aromatic heterocycles. The summed E-state index contributed by atoms with van der Waals surface area (Å²) in [7, 11) is 0. The van der Waals surface area contributed by atoms with E-state index in [0.29, 0.717) is 13.1 Å². The van der Waals surface area contributed by atoms with Crippen molar-refractivity contribution >= 4 is 5.91 Å². The molecule has 0 aliphatic carbocycles. The van der Waals surface area contributed by atoms with Gasteiger partial charge in [-0.3, -0.25) is 4.79 Å². The monoisotopic (exact) mass is 155 g/mol. The first-order valence-electron chi connectivity index (χ1n) is 3.39. The van der Waals surface area contributed by atoms with Crippen LogP contribution in [0.2, 0.25) is 0 Å². The molecule has 0 aromatic carbocycles. The molecule has 0 spiro atoms. The Hall–Kier alpha value is -1.09. The lowest BCUT2D eigenvalue weighted by molar-refractivity contribution is -0.125. The number of hydrogen-bond donors (Lipinski definition) is 1. The maximum atomic E-state index is 10.9. The maximum absolute atomic E-state index is 10.9. The van der Waals surface area contributed by atoms with Crippen molar-refractivity contribution in [2.45, 2.75) is 0 Å². The first-order chi connectivity index (χ1) is 5.26. The molecule has 0 unspecified atom stereocenters. The molecular weight excluding hydrogens is 142 g/mol. The Balaban J connectivity index is 3.95. The van der Waals surface area contributed by atoms with E-state index in [1.807, 2.05) is 0 Å². The molecule has 1 amide bonds. The first-order valence-corrected chi connectivity index (χ1v) is 3.39. The molecule has 0 aliphatic rings. The zero-order valence-electron chi connectivity index (χ0n) is 6.49. The highest BCUT2D eigenvalue weighted by Gasteiger charge is 2.05. The molecular formula is C8H13NO2. The molecule has 0 fully saturated rings. The fourth-order valence-corrected chi connectivity index (χ4v) is 0.697. The summed E-state index contributed by atoms with van der Waals surface area (Å²) in [6.45, 7) is 7.57. The zero-order valence-corrected chi connectivity index (χ0v) is 6.49. The maximum Gasteiger partial charge on any atom is 0.246 e. The Kier molecular flexibility index (Phi) is 5.11. The third-order valence-electron chi connectivity index (χ3n) is 1.21. The molecule has 0 aliphatic heterocycles. The number of aliphatic hydroxyl groups is 1. The van der Waals surface area contributed by atoms with Gasteiger partial charge in [0, 0.05) is 13.1 Å². The fourth-order valence-electron chi connectivity index (χ4n) is 0.697. The number of rotatable bonds is 5. The molecule has 3 heteroatoms. The van der Waals surface area contributed by atoms with E-state index >= 15 is 0 Å². The average molecular weight is 155 g/mol. The normalized spacial score (nSPS) is 8.82. The van der Waals surface area contributed by atoms with Gasteiger partial charge in [0.15, 0.2) is 0 Å². The fraction of sp³-hybridized carbons (Fsp3) is 0.375. The van der Waals surface area contributed by atoms with E-state index in [1.54, 1.807) is 6.08 Å². The Morgan fingerprint density at radius 3 is 2.55 bits per heavy atom. The van der Waals surface area contributed by atoms with Gasteiger partial charge in [-0.1, -0.05) is 12.7 Å². The first kappa shape index (κ1) is 9.91. The predicted molar refractivity (Wildman–Crippen MR) is 44.1 cm³/mol. The number of carbonyl (C=O) groups is 1. The van der Waals surface area contributed by atoms with Crippen molar-refractivity contribution in [3.05, 3.63) is 25.3 Å². The van der Waals surface area contributed by atoms with Crippen molar-refractivity contribution < 1.29 is 9.90 Å². The van der Waals surface area contributed by atoms with Crippen LogP contribution < -0.4 is 0 Å². The molecule has 0 heterocycles. The third-order valence-corrected chi connectivity index (χ3v) is 1.21. The Morgan fingerprint density at radius 1 is 1.55 bits per heavy atom. The Bertz CT molecular complexity index is 154. The van der Waals surface area contributed by atoms with Gasteiger partial charge in [-0.15, -0.1) is 6.58 Å². The van der Waals surface area contributed by atoms with Crippen LogP contribution in [-0.4, -0.2) is 35.6 Å². The molecule has 0 saturated heterocycles. The SMILES string of the molecule is C=CCN(CCO)C(=O)C=C. The van der Waals surface area contributed by atoms with E-state index in [0.717, 1.165) is 0 Å². The summed E-state index contributed by atoms with van der Waals surface area (Å²) >= 11 is 0. The highest BCUT2D eigenvalue weighted by Crippen LogP contribution is 1.89. The number of hydrogen-bond acceptors (Lipinski definition) is 2. The second-order valence-electron chi connectivity index (χ2n) is 2.00. The molecule has 0 bridgehead atoms. The summed E-state index contributed by atoms with van der Waals surface area (Å²) < 4.78 is 0. The summed E-state index contributed by atoms with van der Waals surface area (Å²) in [6.07, 6.45) is 2.83. The van der Waals surface area contributed by atoms with Crippen LogP contribution in [0, 0.1) is 0 Å². The van der Waals surface area contributed by atoms with Gasteiger partial charge >= 0.3 is 0 Å². The van der Waals surface area contributed by atoms with E-state index in [-0.39, 0.29) is 12.5 Å². The minimum absolute atomic E-state index is 0.0343. The van der Waals surface area contributed by atoms with Crippen molar-refractivity contribution in [3.8, 4) is 0 Å². The summed E-state index contributed by atoms with van der Waals surface area (Å²) in [5.74, 6) is -0.182. The van der Waals surface area contributed by atoms with Crippen LogP contribution >= 0.6 is 0 Å². The van der Waals surface area contributed by atoms with Crippen molar-refractivity contribution in [2.24, 2.45) is 0 Å². The van der Waals surface area contributed by atoms with E-state index in [2.05, 4.69) is 13.2 Å². The van der Waals surface area contributed by atoms with Crippen molar-refractivity contribution in [1.29, 1.82) is 0 Å². The molecule has 1 N–H and O–H groups in total. The van der Waals surface area contributed by atoms with Gasteiger partial charge in [-0.25, -0.2) is 0 Å². The Morgan fingerprint density at radius 2 is 2.18 bits per heavy atom. The molecule has 11 heavy (non-hydrogen) atoms. The lowest BCUT2D eigenvalue weighted by atomic mass is 10.4. The van der Waals surface area contributed by atoms with E-state index in [9.17, 15) is 4.79 Å². The summed E-state index contributed by atoms with van der Waals surface area (Å²) in [4.78, 5) is 12.4. The molecule has 0 radical (unpaired) electrons. The summed E-state index contributed by atoms with van der Waals surface area (Å²) in [5.41, 5.74) is 0. The third kappa shape index (κ3) is 3.57. The largest absolute Gasteiger partial charge is 0.395 e. The lowest BCUT2D eigenvalue weighted by Gasteiger charge is -2.17. The average Bonchev–Trinajstić information content (AvgIpc) is 2.03. The molecule has 3 nitrogen and oxygen atoms in total. The van der Waals surface area contributed by atoms with Gasteiger partial charge < -0.3 is 10.0 Å². The number of amides is 1. The van der Waals surface area contributed by atoms with Crippen LogP contribution in [0.1, 0.15) is 0 Å². The quantitative estimate of drug-likeness (QED) is 0.454. The smallest absolute Gasteiger partial charge is 0.246 e. The second kappa shape index (κ2) is 5.68. The second-order valence-corrected chi connectivity index (χ2v) is 2.00.